The molecule has 1 aliphatic rings. The molecule has 2 aromatic heterocycles. The third-order valence-electron chi connectivity index (χ3n) is 7.13. The number of nitrogens with one attached hydrogen (secondary N) is 1. The number of imidazole rings is 1. The normalized spacial score (nSPS) is 14.2. The first kappa shape index (κ1) is 25.5. The fourth-order valence-electron chi connectivity index (χ4n) is 4.72. The van der Waals surface area contributed by atoms with Crippen molar-refractivity contribution >= 4 is 40.3 Å². The molecule has 4 aromatic rings. The van der Waals surface area contributed by atoms with E-state index in [1.54, 1.807) is 18.5 Å². The van der Waals surface area contributed by atoms with Gasteiger partial charge >= 0.3 is 5.97 Å². The van der Waals surface area contributed by atoms with Crippen molar-refractivity contribution in [1.82, 2.24) is 19.5 Å². The van der Waals surface area contributed by atoms with Crippen molar-refractivity contribution in [2.75, 3.05) is 48.4 Å². The standard InChI is InChI=1S/C29H35N7O2/c1-19-7-10-21(29(2,3)4)17-23(19)31-26-24-25(30-18-34(24)5)32-28(33-26)36-15-13-35(14-16-36)22-11-8-20(9-12-22)27(37)38-6/h7-12,17-18H,13-16H2,1-6H3,(H,31,32,33). The molecule has 0 bridgehead atoms. The third kappa shape index (κ3) is 5.01. The highest BCUT2D eigenvalue weighted by Gasteiger charge is 2.23. The number of hydrogen-bond acceptors (Lipinski definition) is 8. The van der Waals surface area contributed by atoms with E-state index in [1.165, 1.54) is 12.7 Å². The van der Waals surface area contributed by atoms with Gasteiger partial charge in [-0.2, -0.15) is 9.97 Å². The molecule has 9 heteroatoms. The quantitative estimate of drug-likeness (QED) is 0.380. The van der Waals surface area contributed by atoms with Crippen molar-refractivity contribution in [3.63, 3.8) is 0 Å². The number of esters is 1. The molecule has 0 aliphatic carbocycles. The molecule has 1 aliphatic heterocycles. The third-order valence-corrected chi connectivity index (χ3v) is 7.13. The summed E-state index contributed by atoms with van der Waals surface area (Å²) in [4.78, 5) is 30.6. The van der Waals surface area contributed by atoms with E-state index in [0.717, 1.165) is 54.5 Å². The van der Waals surface area contributed by atoms with E-state index in [9.17, 15) is 4.79 Å². The topological polar surface area (TPSA) is 88.4 Å². The lowest BCUT2D eigenvalue weighted by Crippen LogP contribution is -2.47. The number of nitrogens with zero attached hydrogens (tertiary/aromatic N) is 6. The van der Waals surface area contributed by atoms with Gasteiger partial charge in [-0.3, -0.25) is 0 Å². The molecule has 198 valence electrons. The monoisotopic (exact) mass is 513 g/mol. The summed E-state index contributed by atoms with van der Waals surface area (Å²) >= 11 is 0. The number of aromatic nitrogens is 4. The van der Waals surface area contributed by atoms with Gasteiger partial charge in [0.2, 0.25) is 5.95 Å². The van der Waals surface area contributed by atoms with Gasteiger partial charge in [0.25, 0.3) is 0 Å². The number of benzene rings is 2. The molecule has 0 spiro atoms. The van der Waals surface area contributed by atoms with Gasteiger partial charge in [-0.25, -0.2) is 9.78 Å². The molecule has 9 nitrogen and oxygen atoms in total. The van der Waals surface area contributed by atoms with Gasteiger partial charge in [0.05, 0.1) is 19.0 Å². The summed E-state index contributed by atoms with van der Waals surface area (Å²) in [6.45, 7) is 11.9. The van der Waals surface area contributed by atoms with E-state index in [2.05, 4.69) is 66.0 Å². The second-order valence-corrected chi connectivity index (χ2v) is 10.8. The lowest BCUT2D eigenvalue weighted by molar-refractivity contribution is 0.0600. The molecule has 1 saturated heterocycles. The molecule has 0 saturated carbocycles. The van der Waals surface area contributed by atoms with E-state index in [4.69, 9.17) is 14.7 Å². The van der Waals surface area contributed by atoms with Crippen LogP contribution in [0, 0.1) is 6.92 Å². The van der Waals surface area contributed by atoms with E-state index in [0.29, 0.717) is 17.2 Å². The Kier molecular flexibility index (Phi) is 6.69. The lowest BCUT2D eigenvalue weighted by Gasteiger charge is -2.36. The fraction of sp³-hybridized carbons (Fsp3) is 0.379. The molecule has 38 heavy (non-hydrogen) atoms. The molecular formula is C29H35N7O2. The number of rotatable bonds is 5. The Morgan fingerprint density at radius 2 is 1.66 bits per heavy atom. The minimum atomic E-state index is -0.326. The number of hydrogen-bond donors (Lipinski definition) is 1. The van der Waals surface area contributed by atoms with Gasteiger partial charge in [-0.05, 0) is 53.8 Å². The van der Waals surface area contributed by atoms with Crippen LogP contribution in [0.4, 0.5) is 23.1 Å². The average molecular weight is 514 g/mol. The fourth-order valence-corrected chi connectivity index (χ4v) is 4.72. The Balaban J connectivity index is 1.39. The Bertz CT molecular complexity index is 1460. The average Bonchev–Trinajstić information content (AvgIpc) is 3.29. The van der Waals surface area contributed by atoms with Crippen molar-refractivity contribution in [3.8, 4) is 0 Å². The van der Waals surface area contributed by atoms with E-state index >= 15 is 0 Å². The van der Waals surface area contributed by atoms with Gasteiger partial charge in [0.1, 0.15) is 5.52 Å². The number of anilines is 4. The van der Waals surface area contributed by atoms with Crippen molar-refractivity contribution in [2.45, 2.75) is 33.1 Å². The van der Waals surface area contributed by atoms with Crippen LogP contribution >= 0.6 is 0 Å². The van der Waals surface area contributed by atoms with E-state index in [-0.39, 0.29) is 11.4 Å². The molecule has 0 unspecified atom stereocenters. The molecule has 5 rings (SSSR count). The molecule has 0 atom stereocenters. The van der Waals surface area contributed by atoms with Gasteiger partial charge in [0, 0.05) is 44.6 Å². The maximum absolute atomic E-state index is 11.7. The summed E-state index contributed by atoms with van der Waals surface area (Å²) in [7, 11) is 3.36. The first-order valence-electron chi connectivity index (χ1n) is 12.9. The highest BCUT2D eigenvalue weighted by molar-refractivity contribution is 5.90. The first-order chi connectivity index (χ1) is 18.1. The lowest BCUT2D eigenvalue weighted by atomic mass is 9.86. The largest absolute Gasteiger partial charge is 0.465 e. The Morgan fingerprint density at radius 3 is 2.32 bits per heavy atom. The number of piperazine rings is 1. The van der Waals surface area contributed by atoms with Crippen LogP contribution in [0.15, 0.2) is 48.8 Å². The maximum Gasteiger partial charge on any atom is 0.337 e. The molecule has 1 N–H and O–H groups in total. The zero-order chi connectivity index (χ0) is 27.0. The highest BCUT2D eigenvalue weighted by atomic mass is 16.5. The number of ether oxygens (including phenoxy) is 1. The number of carbonyl (C=O) groups is 1. The predicted octanol–water partition coefficient (Wildman–Crippen LogP) is 4.83. The Hall–Kier alpha value is -4.14. The van der Waals surface area contributed by atoms with Crippen LogP contribution in [0.25, 0.3) is 11.2 Å². The van der Waals surface area contributed by atoms with Crippen molar-refractivity contribution in [3.05, 3.63) is 65.5 Å². The highest BCUT2D eigenvalue weighted by Crippen LogP contribution is 2.31. The van der Waals surface area contributed by atoms with Crippen molar-refractivity contribution in [2.24, 2.45) is 7.05 Å². The van der Waals surface area contributed by atoms with Crippen LogP contribution < -0.4 is 15.1 Å². The van der Waals surface area contributed by atoms with Gasteiger partial charge in [-0.1, -0.05) is 32.9 Å². The SMILES string of the molecule is COC(=O)c1ccc(N2CCN(c3nc(Nc4cc(C(C)(C)C)ccc4C)c4c(ncn4C)n3)CC2)cc1. The van der Waals surface area contributed by atoms with Crippen LogP contribution in [0.3, 0.4) is 0 Å². The van der Waals surface area contributed by atoms with Gasteiger partial charge in [-0.15, -0.1) is 0 Å². The number of aryl methyl sites for hydroxylation is 2. The predicted molar refractivity (Wildman–Crippen MR) is 152 cm³/mol. The minimum absolute atomic E-state index is 0.0438. The van der Waals surface area contributed by atoms with Gasteiger partial charge in [0.15, 0.2) is 11.5 Å². The molecule has 3 heterocycles. The zero-order valence-electron chi connectivity index (χ0n) is 22.9. The van der Waals surface area contributed by atoms with Crippen LogP contribution in [-0.2, 0) is 17.2 Å². The Morgan fingerprint density at radius 1 is 0.974 bits per heavy atom. The van der Waals surface area contributed by atoms with Crippen LogP contribution in [0.2, 0.25) is 0 Å². The van der Waals surface area contributed by atoms with Gasteiger partial charge < -0.3 is 24.4 Å². The summed E-state index contributed by atoms with van der Waals surface area (Å²) in [5.41, 5.74) is 6.67. The summed E-state index contributed by atoms with van der Waals surface area (Å²) in [5.74, 6) is 1.09. The second kappa shape index (κ2) is 9.96. The van der Waals surface area contributed by atoms with Crippen LogP contribution in [0.1, 0.15) is 42.3 Å². The summed E-state index contributed by atoms with van der Waals surface area (Å²) in [5, 5.41) is 3.60. The Labute approximate surface area is 223 Å². The summed E-state index contributed by atoms with van der Waals surface area (Å²) in [6, 6.07) is 14.1. The summed E-state index contributed by atoms with van der Waals surface area (Å²) in [6.07, 6.45) is 1.78. The zero-order valence-corrected chi connectivity index (χ0v) is 22.9. The van der Waals surface area contributed by atoms with Crippen LogP contribution in [0.5, 0.6) is 0 Å². The number of methoxy groups -OCH3 is 1. The summed E-state index contributed by atoms with van der Waals surface area (Å²) < 4.78 is 6.76. The molecule has 0 amide bonds. The minimum Gasteiger partial charge on any atom is -0.465 e. The molecule has 2 aromatic carbocycles. The van der Waals surface area contributed by atoms with E-state index < -0.39 is 0 Å². The van der Waals surface area contributed by atoms with Crippen molar-refractivity contribution in [1.29, 1.82) is 0 Å². The van der Waals surface area contributed by atoms with E-state index in [1.807, 2.05) is 23.7 Å². The molecule has 1 fully saturated rings. The first-order valence-corrected chi connectivity index (χ1v) is 12.9. The number of carbonyl (C=O) groups excluding carboxylic acids is 1. The smallest absolute Gasteiger partial charge is 0.337 e. The maximum atomic E-state index is 11.7. The molecule has 0 radical (unpaired) electrons. The van der Waals surface area contributed by atoms with Crippen LogP contribution in [-0.4, -0.2) is 58.8 Å². The number of fused-ring (bicyclic) bond motifs is 1. The second-order valence-electron chi connectivity index (χ2n) is 10.8. The van der Waals surface area contributed by atoms with Crippen molar-refractivity contribution < 1.29 is 9.53 Å². The molecular weight excluding hydrogens is 478 g/mol.